The molecule has 22 heavy (non-hydrogen) atoms. The van der Waals surface area contributed by atoms with Crippen LogP contribution in [-0.4, -0.2) is 28.9 Å². The van der Waals surface area contributed by atoms with E-state index in [1.165, 1.54) is 0 Å². The van der Waals surface area contributed by atoms with Crippen molar-refractivity contribution in [1.82, 2.24) is 9.88 Å². The first-order chi connectivity index (χ1) is 10.6. The normalized spacial score (nSPS) is 15.8. The van der Waals surface area contributed by atoms with E-state index in [0.717, 1.165) is 37.2 Å². The molecule has 114 valence electrons. The maximum absolute atomic E-state index is 12.6. The molecule has 0 radical (unpaired) electrons. The molecule has 2 heterocycles. The molecule has 1 aromatic heterocycles. The van der Waals surface area contributed by atoms with Gasteiger partial charge in [0.15, 0.2) is 0 Å². The summed E-state index contributed by atoms with van der Waals surface area (Å²) in [7, 11) is 0. The quantitative estimate of drug-likeness (QED) is 0.829. The largest absolute Gasteiger partial charge is 0.337 e. The van der Waals surface area contributed by atoms with Gasteiger partial charge >= 0.3 is 0 Å². The van der Waals surface area contributed by atoms with E-state index in [1.807, 2.05) is 41.3 Å². The molecular weight excluding hydrogens is 296 g/mol. The lowest BCUT2D eigenvalue weighted by Gasteiger charge is -2.30. The fourth-order valence-corrected chi connectivity index (χ4v) is 2.98. The Morgan fingerprint density at radius 2 is 1.86 bits per heavy atom. The maximum atomic E-state index is 12.6. The molecule has 0 atom stereocenters. The summed E-state index contributed by atoms with van der Waals surface area (Å²) in [6.45, 7) is 3.87. The van der Waals surface area contributed by atoms with Crippen LogP contribution < -0.4 is 0 Å². The summed E-state index contributed by atoms with van der Waals surface area (Å²) in [5.74, 6) is 0.715. The molecule has 4 heteroatoms. The Hall–Kier alpha value is -1.87. The van der Waals surface area contributed by atoms with Crippen molar-refractivity contribution in [1.29, 1.82) is 0 Å². The van der Waals surface area contributed by atoms with Crippen molar-refractivity contribution in [2.24, 2.45) is 5.92 Å². The summed E-state index contributed by atoms with van der Waals surface area (Å²) >= 11 is 6.22. The van der Waals surface area contributed by atoms with Gasteiger partial charge in [0.2, 0.25) is 0 Å². The average Bonchev–Trinajstić information content (AvgIpc) is 2.55. The summed E-state index contributed by atoms with van der Waals surface area (Å²) in [4.78, 5) is 19.0. The minimum Gasteiger partial charge on any atom is -0.337 e. The van der Waals surface area contributed by atoms with E-state index in [9.17, 15) is 4.79 Å². The van der Waals surface area contributed by atoms with Crippen LogP contribution in [0.1, 0.15) is 30.3 Å². The van der Waals surface area contributed by atoms with E-state index >= 15 is 0 Å². The van der Waals surface area contributed by atoms with Crippen LogP contribution in [0.3, 0.4) is 0 Å². The van der Waals surface area contributed by atoms with Crippen LogP contribution >= 0.6 is 11.6 Å². The molecule has 0 aliphatic carbocycles. The number of piperidine rings is 1. The highest BCUT2D eigenvalue weighted by Gasteiger charge is 2.22. The first-order valence-electron chi connectivity index (χ1n) is 7.66. The van der Waals surface area contributed by atoms with Gasteiger partial charge in [0.1, 0.15) is 5.69 Å². The van der Waals surface area contributed by atoms with Crippen LogP contribution in [-0.2, 0) is 0 Å². The number of hydrogen-bond acceptors (Lipinski definition) is 2. The van der Waals surface area contributed by atoms with Gasteiger partial charge in [0.25, 0.3) is 5.91 Å². The van der Waals surface area contributed by atoms with Crippen molar-refractivity contribution < 1.29 is 4.79 Å². The van der Waals surface area contributed by atoms with Crippen LogP contribution in [0.2, 0.25) is 5.02 Å². The fraction of sp³-hybridized carbons (Fsp3) is 0.333. The average molecular weight is 315 g/mol. The van der Waals surface area contributed by atoms with Gasteiger partial charge in [0.05, 0.1) is 5.69 Å². The smallest absolute Gasteiger partial charge is 0.272 e. The standard InChI is InChI=1S/C18H19ClN2O/c1-13-9-11-21(12-10-13)18(22)17-8-4-7-16(20-17)14-5-2-3-6-15(14)19/h2-8,13H,9-12H2,1H3. The Balaban J connectivity index is 1.85. The predicted molar refractivity (Wildman–Crippen MR) is 89.0 cm³/mol. The van der Waals surface area contributed by atoms with E-state index in [4.69, 9.17) is 11.6 Å². The number of aromatic nitrogens is 1. The molecular formula is C18H19ClN2O. The van der Waals surface area contributed by atoms with Gasteiger partial charge in [-0.05, 0) is 37.0 Å². The number of nitrogens with zero attached hydrogens (tertiary/aromatic N) is 2. The predicted octanol–water partition coefficient (Wildman–Crippen LogP) is 4.27. The Labute approximate surface area is 135 Å². The highest BCUT2D eigenvalue weighted by molar-refractivity contribution is 6.33. The van der Waals surface area contributed by atoms with Crippen molar-refractivity contribution in [2.75, 3.05) is 13.1 Å². The second-order valence-electron chi connectivity index (χ2n) is 5.86. The molecule has 3 rings (SSSR count). The number of hydrogen-bond donors (Lipinski definition) is 0. The Bertz CT molecular complexity index is 678. The van der Waals surface area contributed by atoms with Crippen molar-refractivity contribution in [3.63, 3.8) is 0 Å². The van der Waals surface area contributed by atoms with Gasteiger partial charge in [-0.25, -0.2) is 4.98 Å². The summed E-state index contributed by atoms with van der Waals surface area (Å²) < 4.78 is 0. The van der Waals surface area contributed by atoms with Gasteiger partial charge in [-0.1, -0.05) is 42.8 Å². The molecule has 1 aliphatic rings. The molecule has 0 unspecified atom stereocenters. The molecule has 1 amide bonds. The summed E-state index contributed by atoms with van der Waals surface area (Å²) in [6.07, 6.45) is 2.13. The monoisotopic (exact) mass is 314 g/mol. The molecule has 1 aromatic carbocycles. The van der Waals surface area contributed by atoms with Crippen LogP contribution in [0.15, 0.2) is 42.5 Å². The zero-order valence-corrected chi connectivity index (χ0v) is 13.4. The molecule has 0 spiro atoms. The first-order valence-corrected chi connectivity index (χ1v) is 8.04. The van der Waals surface area contributed by atoms with Gasteiger partial charge in [0, 0.05) is 23.7 Å². The third-order valence-electron chi connectivity index (χ3n) is 4.19. The SMILES string of the molecule is CC1CCN(C(=O)c2cccc(-c3ccccc3Cl)n2)CC1. The number of carbonyl (C=O) groups is 1. The van der Waals surface area contributed by atoms with Crippen LogP contribution in [0.4, 0.5) is 0 Å². The molecule has 1 fully saturated rings. The maximum Gasteiger partial charge on any atom is 0.272 e. The van der Waals surface area contributed by atoms with Gasteiger partial charge in [-0.2, -0.15) is 0 Å². The van der Waals surface area contributed by atoms with Crippen LogP contribution in [0.5, 0.6) is 0 Å². The number of pyridine rings is 1. The van der Waals surface area contributed by atoms with Crippen molar-refractivity contribution >= 4 is 17.5 Å². The number of amides is 1. The van der Waals surface area contributed by atoms with E-state index in [0.29, 0.717) is 16.6 Å². The molecule has 1 aliphatic heterocycles. The van der Waals surface area contributed by atoms with E-state index in [-0.39, 0.29) is 5.91 Å². The van der Waals surface area contributed by atoms with E-state index in [2.05, 4.69) is 11.9 Å². The molecule has 3 nitrogen and oxygen atoms in total. The summed E-state index contributed by atoms with van der Waals surface area (Å²) in [6, 6.07) is 13.1. The molecule has 1 saturated heterocycles. The van der Waals surface area contributed by atoms with E-state index in [1.54, 1.807) is 6.07 Å². The zero-order valence-electron chi connectivity index (χ0n) is 12.6. The van der Waals surface area contributed by atoms with Crippen LogP contribution in [0, 0.1) is 5.92 Å². The zero-order chi connectivity index (χ0) is 15.5. The summed E-state index contributed by atoms with van der Waals surface area (Å²) in [5, 5.41) is 0.645. The number of benzene rings is 1. The topological polar surface area (TPSA) is 33.2 Å². The molecule has 2 aromatic rings. The van der Waals surface area contributed by atoms with Crippen molar-refractivity contribution in [2.45, 2.75) is 19.8 Å². The summed E-state index contributed by atoms with van der Waals surface area (Å²) in [5.41, 5.74) is 2.08. The highest BCUT2D eigenvalue weighted by atomic mass is 35.5. The number of halogens is 1. The molecule has 0 saturated carbocycles. The minimum absolute atomic E-state index is 0.0146. The van der Waals surface area contributed by atoms with Crippen molar-refractivity contribution in [3.05, 3.63) is 53.2 Å². The third-order valence-corrected chi connectivity index (χ3v) is 4.52. The molecule has 0 N–H and O–H groups in total. The third kappa shape index (κ3) is 3.14. The van der Waals surface area contributed by atoms with Gasteiger partial charge in [-0.15, -0.1) is 0 Å². The number of likely N-dealkylation sites (tertiary alicyclic amines) is 1. The number of rotatable bonds is 2. The van der Waals surface area contributed by atoms with Crippen molar-refractivity contribution in [3.8, 4) is 11.3 Å². The Kier molecular flexibility index (Phi) is 4.44. The Morgan fingerprint density at radius 1 is 1.14 bits per heavy atom. The lowest BCUT2D eigenvalue weighted by atomic mass is 9.99. The lowest BCUT2D eigenvalue weighted by molar-refractivity contribution is 0.0691. The lowest BCUT2D eigenvalue weighted by Crippen LogP contribution is -2.38. The molecule has 0 bridgehead atoms. The number of carbonyl (C=O) groups excluding carboxylic acids is 1. The van der Waals surface area contributed by atoms with E-state index < -0.39 is 0 Å². The minimum atomic E-state index is 0.0146. The first kappa shape index (κ1) is 15.0. The second kappa shape index (κ2) is 6.49. The second-order valence-corrected chi connectivity index (χ2v) is 6.27. The Morgan fingerprint density at radius 3 is 2.59 bits per heavy atom. The highest BCUT2D eigenvalue weighted by Crippen LogP contribution is 2.26. The van der Waals surface area contributed by atoms with Crippen LogP contribution in [0.25, 0.3) is 11.3 Å². The van der Waals surface area contributed by atoms with Gasteiger partial charge < -0.3 is 4.90 Å². The fourth-order valence-electron chi connectivity index (χ4n) is 2.75. The van der Waals surface area contributed by atoms with Gasteiger partial charge in [-0.3, -0.25) is 4.79 Å².